The molecule has 1 fully saturated rings. The van der Waals surface area contributed by atoms with Crippen LogP contribution in [0.25, 0.3) is 0 Å². The molecular weight excluding hydrogens is 218 g/mol. The van der Waals surface area contributed by atoms with Crippen molar-refractivity contribution in [1.29, 1.82) is 0 Å². The van der Waals surface area contributed by atoms with Gasteiger partial charge in [0, 0.05) is 26.2 Å². The number of benzene rings is 1. The molecule has 1 aliphatic rings. The monoisotopic (exact) mass is 237 g/mol. The average Bonchev–Trinajstić information content (AvgIpc) is 2.70. The second-order valence-electron chi connectivity index (χ2n) is 4.63. The summed E-state index contributed by atoms with van der Waals surface area (Å²) in [6.45, 7) is -0.131. The van der Waals surface area contributed by atoms with Crippen LogP contribution in [0.4, 0.5) is 5.69 Å². The molecule has 0 bridgehead atoms. The highest BCUT2D eigenvalue weighted by Crippen LogP contribution is 2.33. The van der Waals surface area contributed by atoms with Crippen LogP contribution < -0.4 is 4.90 Å². The van der Waals surface area contributed by atoms with E-state index in [2.05, 4.69) is 0 Å². The van der Waals surface area contributed by atoms with Crippen LogP contribution in [0.3, 0.4) is 0 Å². The number of ether oxygens (including phenoxy) is 1. The van der Waals surface area contributed by atoms with Crippen molar-refractivity contribution in [2.24, 2.45) is 0 Å². The minimum Gasteiger partial charge on any atom is -0.394 e. The Morgan fingerprint density at radius 2 is 1.94 bits per heavy atom. The molecule has 0 spiro atoms. The van der Waals surface area contributed by atoms with Gasteiger partial charge in [0.2, 0.25) is 0 Å². The summed E-state index contributed by atoms with van der Waals surface area (Å²) in [5, 5.41) is 18.7. The summed E-state index contributed by atoms with van der Waals surface area (Å²) >= 11 is 0. The molecule has 3 atom stereocenters. The van der Waals surface area contributed by atoms with Gasteiger partial charge in [-0.15, -0.1) is 0 Å². The standard InChI is InChI=1S/C13H19NO3/c1-14(2)10-5-3-9(4-6-10)12-7-11(16)13(8-15)17-12/h3-6,11-13,15-16H,7-8H2,1-2H3/t11?,12?,13-/m1/s1. The fraction of sp³-hybridized carbons (Fsp3) is 0.538. The lowest BCUT2D eigenvalue weighted by Gasteiger charge is -2.15. The minimum absolute atomic E-state index is 0.113. The highest BCUT2D eigenvalue weighted by atomic mass is 16.5. The summed E-state index contributed by atoms with van der Waals surface area (Å²) < 4.78 is 5.60. The van der Waals surface area contributed by atoms with Gasteiger partial charge in [0.05, 0.1) is 18.8 Å². The molecule has 0 aromatic heterocycles. The van der Waals surface area contributed by atoms with Crippen LogP contribution in [-0.2, 0) is 4.74 Å². The number of aliphatic hydroxyl groups excluding tert-OH is 2. The van der Waals surface area contributed by atoms with Gasteiger partial charge < -0.3 is 19.8 Å². The van der Waals surface area contributed by atoms with E-state index >= 15 is 0 Å². The Morgan fingerprint density at radius 1 is 1.29 bits per heavy atom. The molecule has 1 saturated heterocycles. The van der Waals surface area contributed by atoms with E-state index < -0.39 is 12.2 Å². The third-order valence-corrected chi connectivity index (χ3v) is 3.19. The van der Waals surface area contributed by atoms with Gasteiger partial charge in [-0.3, -0.25) is 0 Å². The van der Waals surface area contributed by atoms with Gasteiger partial charge in [-0.25, -0.2) is 0 Å². The summed E-state index contributed by atoms with van der Waals surface area (Å²) in [5.41, 5.74) is 2.18. The maximum Gasteiger partial charge on any atom is 0.107 e. The molecule has 0 saturated carbocycles. The van der Waals surface area contributed by atoms with Crippen molar-refractivity contribution in [2.45, 2.75) is 24.7 Å². The van der Waals surface area contributed by atoms with Gasteiger partial charge in [0.1, 0.15) is 6.10 Å². The number of hydrogen-bond acceptors (Lipinski definition) is 4. The first-order valence-electron chi connectivity index (χ1n) is 5.83. The molecule has 1 aromatic carbocycles. The lowest BCUT2D eigenvalue weighted by Crippen LogP contribution is -2.24. The van der Waals surface area contributed by atoms with Crippen molar-refractivity contribution in [2.75, 3.05) is 25.6 Å². The second-order valence-corrected chi connectivity index (χ2v) is 4.63. The van der Waals surface area contributed by atoms with Crippen molar-refractivity contribution < 1.29 is 14.9 Å². The first kappa shape index (κ1) is 12.4. The lowest BCUT2D eigenvalue weighted by molar-refractivity contribution is -0.0225. The molecular formula is C13H19NO3. The summed E-state index contributed by atoms with van der Waals surface area (Å²) in [6, 6.07) is 8.06. The third kappa shape index (κ3) is 2.60. The first-order valence-corrected chi connectivity index (χ1v) is 5.83. The molecule has 0 radical (unpaired) electrons. The molecule has 2 unspecified atom stereocenters. The van der Waals surface area contributed by atoms with Crippen LogP contribution in [0.2, 0.25) is 0 Å². The van der Waals surface area contributed by atoms with Crippen LogP contribution in [0.15, 0.2) is 24.3 Å². The van der Waals surface area contributed by atoms with Crippen molar-refractivity contribution in [3.8, 4) is 0 Å². The molecule has 1 heterocycles. The maximum absolute atomic E-state index is 9.67. The Labute approximate surface area is 101 Å². The highest BCUT2D eigenvalue weighted by molar-refractivity contribution is 5.46. The molecule has 1 aliphatic heterocycles. The topological polar surface area (TPSA) is 52.9 Å². The maximum atomic E-state index is 9.67. The van der Waals surface area contributed by atoms with E-state index in [0.29, 0.717) is 6.42 Å². The highest BCUT2D eigenvalue weighted by Gasteiger charge is 2.34. The fourth-order valence-electron chi connectivity index (χ4n) is 2.09. The zero-order chi connectivity index (χ0) is 12.4. The Bertz CT molecular complexity index is 363. The van der Waals surface area contributed by atoms with E-state index in [1.807, 2.05) is 43.3 Å². The van der Waals surface area contributed by atoms with Crippen molar-refractivity contribution in [1.82, 2.24) is 0 Å². The van der Waals surface area contributed by atoms with Gasteiger partial charge >= 0.3 is 0 Å². The van der Waals surface area contributed by atoms with Gasteiger partial charge in [0.15, 0.2) is 0 Å². The predicted molar refractivity (Wildman–Crippen MR) is 66.1 cm³/mol. The lowest BCUT2D eigenvalue weighted by atomic mass is 10.0. The Hall–Kier alpha value is -1.10. The SMILES string of the molecule is CN(C)c1ccc(C2CC(O)[C@@H](CO)O2)cc1. The molecule has 4 heteroatoms. The number of rotatable bonds is 3. The van der Waals surface area contributed by atoms with Crippen molar-refractivity contribution >= 4 is 5.69 Å². The van der Waals surface area contributed by atoms with E-state index in [0.717, 1.165) is 11.3 Å². The van der Waals surface area contributed by atoms with E-state index in [9.17, 15) is 5.11 Å². The molecule has 0 amide bonds. The summed E-state index contributed by atoms with van der Waals surface area (Å²) in [7, 11) is 3.99. The van der Waals surface area contributed by atoms with E-state index in [-0.39, 0.29) is 12.7 Å². The molecule has 2 rings (SSSR count). The van der Waals surface area contributed by atoms with Gasteiger partial charge in [-0.05, 0) is 17.7 Å². The number of hydrogen-bond donors (Lipinski definition) is 2. The first-order chi connectivity index (χ1) is 8.11. The van der Waals surface area contributed by atoms with Crippen LogP contribution in [0, 0.1) is 0 Å². The van der Waals surface area contributed by atoms with Crippen LogP contribution >= 0.6 is 0 Å². The van der Waals surface area contributed by atoms with Crippen LogP contribution in [-0.4, -0.2) is 43.1 Å². The number of aliphatic hydroxyl groups is 2. The third-order valence-electron chi connectivity index (χ3n) is 3.19. The van der Waals surface area contributed by atoms with Gasteiger partial charge in [-0.1, -0.05) is 12.1 Å². The predicted octanol–water partition coefficient (Wildman–Crippen LogP) is 0.936. The number of anilines is 1. The van der Waals surface area contributed by atoms with Gasteiger partial charge in [-0.2, -0.15) is 0 Å². The summed E-state index contributed by atoms with van der Waals surface area (Å²) in [4.78, 5) is 2.03. The smallest absolute Gasteiger partial charge is 0.107 e. The Morgan fingerprint density at radius 3 is 2.41 bits per heavy atom. The zero-order valence-corrected chi connectivity index (χ0v) is 10.2. The quantitative estimate of drug-likeness (QED) is 0.821. The Kier molecular flexibility index (Phi) is 3.66. The molecule has 17 heavy (non-hydrogen) atoms. The van der Waals surface area contributed by atoms with E-state index in [1.54, 1.807) is 0 Å². The molecule has 2 N–H and O–H groups in total. The summed E-state index contributed by atoms with van der Waals surface area (Å²) in [6.07, 6.45) is -0.586. The minimum atomic E-state index is -0.571. The van der Waals surface area contributed by atoms with E-state index in [1.165, 1.54) is 0 Å². The molecule has 94 valence electrons. The average molecular weight is 237 g/mol. The van der Waals surface area contributed by atoms with Gasteiger partial charge in [0.25, 0.3) is 0 Å². The fourth-order valence-corrected chi connectivity index (χ4v) is 2.09. The zero-order valence-electron chi connectivity index (χ0n) is 10.2. The van der Waals surface area contributed by atoms with Crippen LogP contribution in [0.1, 0.15) is 18.1 Å². The second kappa shape index (κ2) is 5.04. The Balaban J connectivity index is 2.08. The normalized spacial score (nSPS) is 28.4. The van der Waals surface area contributed by atoms with Crippen LogP contribution in [0.5, 0.6) is 0 Å². The van der Waals surface area contributed by atoms with Crippen molar-refractivity contribution in [3.05, 3.63) is 29.8 Å². The number of nitrogens with zero attached hydrogens (tertiary/aromatic N) is 1. The summed E-state index contributed by atoms with van der Waals surface area (Å²) in [5.74, 6) is 0. The largest absolute Gasteiger partial charge is 0.394 e. The molecule has 4 nitrogen and oxygen atoms in total. The van der Waals surface area contributed by atoms with Crippen molar-refractivity contribution in [3.63, 3.8) is 0 Å². The molecule has 1 aromatic rings. The molecule has 0 aliphatic carbocycles. The van der Waals surface area contributed by atoms with E-state index in [4.69, 9.17) is 9.84 Å².